The van der Waals surface area contributed by atoms with Crippen LogP contribution in [-0.2, 0) is 6.54 Å². The number of nitrogens with zero attached hydrogens (tertiary/aromatic N) is 1. The molecular weight excluding hydrogens is 230 g/mol. The lowest BCUT2D eigenvalue weighted by atomic mass is 9.82. The van der Waals surface area contributed by atoms with Crippen LogP contribution in [0.3, 0.4) is 0 Å². The van der Waals surface area contributed by atoms with Gasteiger partial charge in [-0.3, -0.25) is 4.90 Å². The Bertz CT molecular complexity index is 420. The summed E-state index contributed by atoms with van der Waals surface area (Å²) < 4.78 is 5.30. The van der Waals surface area contributed by atoms with Gasteiger partial charge in [-0.1, -0.05) is 13.8 Å². The summed E-state index contributed by atoms with van der Waals surface area (Å²) in [6, 6.07) is 1.63. The van der Waals surface area contributed by atoms with E-state index >= 15 is 0 Å². The minimum absolute atomic E-state index is 0.237. The number of aromatic carboxylic acids is 1. The van der Waals surface area contributed by atoms with Crippen molar-refractivity contribution in [2.24, 2.45) is 5.41 Å². The van der Waals surface area contributed by atoms with Gasteiger partial charge < -0.3 is 9.52 Å². The molecule has 2 rings (SSSR count). The Morgan fingerprint density at radius 2 is 2.22 bits per heavy atom. The summed E-state index contributed by atoms with van der Waals surface area (Å²) in [6.07, 6.45) is 4.96. The molecule has 18 heavy (non-hydrogen) atoms. The van der Waals surface area contributed by atoms with Gasteiger partial charge in [0.1, 0.15) is 12.0 Å². The van der Waals surface area contributed by atoms with Crippen molar-refractivity contribution in [2.75, 3.05) is 13.1 Å². The molecule has 1 saturated heterocycles. The second-order valence-electron chi connectivity index (χ2n) is 5.27. The summed E-state index contributed by atoms with van der Waals surface area (Å²) in [5, 5.41) is 8.84. The molecule has 1 aliphatic heterocycles. The maximum atomic E-state index is 10.8. The maximum absolute atomic E-state index is 10.8. The lowest BCUT2D eigenvalue weighted by Crippen LogP contribution is -2.25. The molecule has 4 nitrogen and oxygen atoms in total. The number of likely N-dealkylation sites (tertiary alicyclic amines) is 1. The normalized spacial score (nSPS) is 19.2. The first-order chi connectivity index (χ1) is 8.58. The van der Waals surface area contributed by atoms with Gasteiger partial charge in [-0.15, -0.1) is 0 Å². The van der Waals surface area contributed by atoms with E-state index < -0.39 is 5.97 Å². The number of rotatable bonds is 5. The molecule has 0 atom stereocenters. The van der Waals surface area contributed by atoms with Gasteiger partial charge in [0.05, 0.1) is 12.1 Å². The molecule has 0 saturated carbocycles. The van der Waals surface area contributed by atoms with Crippen LogP contribution in [0.25, 0.3) is 0 Å². The number of carboxylic acids is 1. The van der Waals surface area contributed by atoms with Gasteiger partial charge in [0.2, 0.25) is 0 Å². The Morgan fingerprint density at radius 3 is 2.72 bits per heavy atom. The SMILES string of the molecule is CCC1(CC)CCN(Cc2cc(C(=O)O)co2)C1. The van der Waals surface area contributed by atoms with E-state index in [0.717, 1.165) is 25.4 Å². The smallest absolute Gasteiger partial charge is 0.338 e. The van der Waals surface area contributed by atoms with E-state index in [1.807, 2.05) is 0 Å². The molecule has 0 bridgehead atoms. The predicted octanol–water partition coefficient (Wildman–Crippen LogP) is 2.99. The summed E-state index contributed by atoms with van der Waals surface area (Å²) in [5.74, 6) is -0.182. The number of hydrogen-bond acceptors (Lipinski definition) is 3. The third kappa shape index (κ3) is 2.58. The van der Waals surface area contributed by atoms with Gasteiger partial charge in [-0.25, -0.2) is 4.79 Å². The molecule has 1 N–H and O–H groups in total. The van der Waals surface area contributed by atoms with E-state index in [9.17, 15) is 4.79 Å². The fraction of sp³-hybridized carbons (Fsp3) is 0.643. The molecule has 100 valence electrons. The van der Waals surface area contributed by atoms with E-state index in [4.69, 9.17) is 9.52 Å². The molecule has 0 amide bonds. The van der Waals surface area contributed by atoms with Crippen molar-refractivity contribution in [3.8, 4) is 0 Å². The third-order valence-electron chi connectivity index (χ3n) is 4.30. The average Bonchev–Trinajstić information content (AvgIpc) is 2.97. The summed E-state index contributed by atoms with van der Waals surface area (Å²) in [7, 11) is 0. The fourth-order valence-electron chi connectivity index (χ4n) is 2.79. The van der Waals surface area contributed by atoms with Crippen molar-refractivity contribution in [3.63, 3.8) is 0 Å². The largest absolute Gasteiger partial charge is 0.478 e. The molecule has 0 unspecified atom stereocenters. The second-order valence-corrected chi connectivity index (χ2v) is 5.27. The van der Waals surface area contributed by atoms with Crippen LogP contribution in [0.15, 0.2) is 16.7 Å². The predicted molar refractivity (Wildman–Crippen MR) is 68.6 cm³/mol. The Kier molecular flexibility index (Phi) is 3.76. The van der Waals surface area contributed by atoms with Gasteiger partial charge in [0.15, 0.2) is 0 Å². The molecule has 0 radical (unpaired) electrons. The minimum atomic E-state index is -0.928. The van der Waals surface area contributed by atoms with Crippen molar-refractivity contribution in [2.45, 2.75) is 39.7 Å². The van der Waals surface area contributed by atoms with Crippen LogP contribution >= 0.6 is 0 Å². The van der Waals surface area contributed by atoms with Crippen molar-refractivity contribution < 1.29 is 14.3 Å². The van der Waals surface area contributed by atoms with Crippen LogP contribution in [0.5, 0.6) is 0 Å². The highest BCUT2D eigenvalue weighted by Gasteiger charge is 2.34. The first kappa shape index (κ1) is 13.1. The Hall–Kier alpha value is -1.29. The molecule has 1 aromatic heterocycles. The highest BCUT2D eigenvalue weighted by atomic mass is 16.4. The van der Waals surface area contributed by atoms with Crippen LogP contribution in [-0.4, -0.2) is 29.1 Å². The van der Waals surface area contributed by atoms with E-state index in [0.29, 0.717) is 5.41 Å². The molecular formula is C14H21NO3. The van der Waals surface area contributed by atoms with Gasteiger partial charge >= 0.3 is 5.97 Å². The fourth-order valence-corrected chi connectivity index (χ4v) is 2.79. The third-order valence-corrected chi connectivity index (χ3v) is 4.30. The number of carbonyl (C=O) groups is 1. The van der Waals surface area contributed by atoms with Crippen LogP contribution < -0.4 is 0 Å². The summed E-state index contributed by atoms with van der Waals surface area (Å²) in [4.78, 5) is 13.1. The Labute approximate surface area is 108 Å². The minimum Gasteiger partial charge on any atom is -0.478 e. The van der Waals surface area contributed by atoms with Gasteiger partial charge in [0.25, 0.3) is 0 Å². The molecule has 4 heteroatoms. The van der Waals surface area contributed by atoms with E-state index in [1.165, 1.54) is 25.5 Å². The highest BCUT2D eigenvalue weighted by Crippen LogP contribution is 2.37. The summed E-state index contributed by atoms with van der Waals surface area (Å²) in [5.41, 5.74) is 0.684. The Balaban J connectivity index is 1.96. The van der Waals surface area contributed by atoms with Gasteiger partial charge in [-0.05, 0) is 37.3 Å². The van der Waals surface area contributed by atoms with Crippen molar-refractivity contribution in [1.82, 2.24) is 4.90 Å². The molecule has 0 spiro atoms. The molecule has 0 aliphatic carbocycles. The van der Waals surface area contributed by atoms with Crippen molar-refractivity contribution in [1.29, 1.82) is 0 Å². The van der Waals surface area contributed by atoms with Gasteiger partial charge in [-0.2, -0.15) is 0 Å². The second kappa shape index (κ2) is 5.14. The zero-order valence-corrected chi connectivity index (χ0v) is 11.1. The first-order valence-electron chi connectivity index (χ1n) is 6.61. The maximum Gasteiger partial charge on any atom is 0.338 e. The number of hydrogen-bond donors (Lipinski definition) is 1. The number of carboxylic acid groups (broad SMARTS) is 1. The van der Waals surface area contributed by atoms with E-state index in [-0.39, 0.29) is 5.56 Å². The number of furan rings is 1. The molecule has 2 heterocycles. The molecule has 1 aromatic rings. The van der Waals surface area contributed by atoms with E-state index in [1.54, 1.807) is 6.07 Å². The lowest BCUT2D eigenvalue weighted by molar-refractivity contribution is 0.0696. The molecule has 1 fully saturated rings. The zero-order valence-electron chi connectivity index (χ0n) is 11.1. The highest BCUT2D eigenvalue weighted by molar-refractivity contribution is 5.87. The summed E-state index contributed by atoms with van der Waals surface area (Å²) in [6.45, 7) is 7.38. The van der Waals surface area contributed by atoms with Crippen LogP contribution in [0.2, 0.25) is 0 Å². The molecule has 0 aromatic carbocycles. The summed E-state index contributed by atoms with van der Waals surface area (Å²) >= 11 is 0. The standard InChI is InChI=1S/C14H21NO3/c1-3-14(4-2)5-6-15(10-14)8-12-7-11(9-18-12)13(16)17/h7,9H,3-6,8,10H2,1-2H3,(H,16,17). The van der Waals surface area contributed by atoms with Crippen LogP contribution in [0, 0.1) is 5.41 Å². The van der Waals surface area contributed by atoms with Crippen molar-refractivity contribution >= 4 is 5.97 Å². The molecule has 1 aliphatic rings. The quantitative estimate of drug-likeness (QED) is 0.874. The topological polar surface area (TPSA) is 53.7 Å². The van der Waals surface area contributed by atoms with Crippen molar-refractivity contribution in [3.05, 3.63) is 23.7 Å². The van der Waals surface area contributed by atoms with Crippen LogP contribution in [0.4, 0.5) is 0 Å². The van der Waals surface area contributed by atoms with Gasteiger partial charge in [0, 0.05) is 6.54 Å². The Morgan fingerprint density at radius 1 is 1.50 bits per heavy atom. The zero-order chi connectivity index (χ0) is 13.2. The average molecular weight is 251 g/mol. The monoisotopic (exact) mass is 251 g/mol. The lowest BCUT2D eigenvalue weighted by Gasteiger charge is -2.26. The van der Waals surface area contributed by atoms with Crippen LogP contribution in [0.1, 0.15) is 49.2 Å². The van der Waals surface area contributed by atoms with E-state index in [2.05, 4.69) is 18.7 Å². The first-order valence-corrected chi connectivity index (χ1v) is 6.61.